The number of alkyl halides is 2. The van der Waals surface area contributed by atoms with Crippen LogP contribution in [0.25, 0.3) is 5.65 Å². The van der Waals surface area contributed by atoms with Crippen molar-refractivity contribution in [3.8, 4) is 5.75 Å². The van der Waals surface area contributed by atoms with Crippen LogP contribution < -0.4 is 10.1 Å². The average molecular weight is 496 g/mol. The number of aliphatic hydroxyl groups excluding tert-OH is 1. The Bertz CT molecular complexity index is 1160. The van der Waals surface area contributed by atoms with Crippen molar-refractivity contribution in [2.24, 2.45) is 0 Å². The number of benzene rings is 1. The van der Waals surface area contributed by atoms with Crippen LogP contribution in [-0.2, 0) is 11.3 Å². The summed E-state index contributed by atoms with van der Waals surface area (Å²) >= 11 is 6.02. The third kappa shape index (κ3) is 5.37. The Morgan fingerprint density at radius 2 is 2.21 bits per heavy atom. The van der Waals surface area contributed by atoms with Crippen molar-refractivity contribution < 1.29 is 28.2 Å². The summed E-state index contributed by atoms with van der Waals surface area (Å²) in [5, 5.41) is 17.8. The topological polar surface area (TPSA) is 101 Å². The van der Waals surface area contributed by atoms with Crippen LogP contribution in [0.15, 0.2) is 36.5 Å². The van der Waals surface area contributed by atoms with Gasteiger partial charge >= 0.3 is 0 Å². The van der Waals surface area contributed by atoms with Crippen molar-refractivity contribution in [2.45, 2.75) is 31.5 Å². The minimum Gasteiger partial charge on any atom is -0.493 e. The van der Waals surface area contributed by atoms with E-state index in [1.54, 1.807) is 6.07 Å². The molecule has 1 aromatic carbocycles. The molecular formula is C22H24ClF2N5O4. The predicted octanol–water partition coefficient (Wildman–Crippen LogP) is 2.86. The van der Waals surface area contributed by atoms with E-state index >= 15 is 0 Å². The van der Waals surface area contributed by atoms with Gasteiger partial charge in [0.1, 0.15) is 6.61 Å². The van der Waals surface area contributed by atoms with Crippen molar-refractivity contribution in [1.82, 2.24) is 19.5 Å². The van der Waals surface area contributed by atoms with E-state index in [0.717, 1.165) is 5.56 Å². The lowest BCUT2D eigenvalue weighted by atomic mass is 10.2. The van der Waals surface area contributed by atoms with Gasteiger partial charge in [0.2, 0.25) is 5.95 Å². The number of fused-ring (bicyclic) bond motifs is 1. The second-order valence-corrected chi connectivity index (χ2v) is 8.30. The maximum atomic E-state index is 13.2. The van der Waals surface area contributed by atoms with E-state index in [0.29, 0.717) is 28.9 Å². The highest BCUT2D eigenvalue weighted by Crippen LogP contribution is 2.26. The SMILES string of the molecule is COc1cc(C(=O)N2CC(OCC(F)F)CC2CO)cn2nc(NCc3cccc(Cl)c3)nc12. The number of rotatable bonds is 9. The highest BCUT2D eigenvalue weighted by Gasteiger charge is 2.36. The number of hydrogen-bond acceptors (Lipinski definition) is 7. The first-order valence-corrected chi connectivity index (χ1v) is 11.0. The molecule has 0 radical (unpaired) electrons. The van der Waals surface area contributed by atoms with Gasteiger partial charge in [-0.3, -0.25) is 4.79 Å². The number of aliphatic hydroxyl groups is 1. The predicted molar refractivity (Wildman–Crippen MR) is 121 cm³/mol. The second-order valence-electron chi connectivity index (χ2n) is 7.86. The first-order chi connectivity index (χ1) is 16.4. The largest absolute Gasteiger partial charge is 0.493 e. The molecule has 2 aromatic heterocycles. The average Bonchev–Trinajstić information content (AvgIpc) is 3.44. The molecule has 9 nitrogen and oxygen atoms in total. The molecule has 0 aliphatic carbocycles. The van der Waals surface area contributed by atoms with E-state index in [2.05, 4.69) is 15.4 Å². The number of anilines is 1. The normalized spacial score (nSPS) is 18.1. The number of aromatic nitrogens is 3. The molecule has 2 N–H and O–H groups in total. The number of halogens is 3. The van der Waals surface area contributed by atoms with Crippen LogP contribution in [-0.4, -0.2) is 76.0 Å². The van der Waals surface area contributed by atoms with E-state index in [1.807, 2.05) is 18.2 Å². The number of ether oxygens (including phenoxy) is 2. The molecule has 3 heterocycles. The zero-order valence-corrected chi connectivity index (χ0v) is 19.1. The zero-order chi connectivity index (χ0) is 24.2. The van der Waals surface area contributed by atoms with Gasteiger partial charge in [-0.1, -0.05) is 23.7 Å². The van der Waals surface area contributed by atoms with Gasteiger partial charge in [0, 0.05) is 24.3 Å². The number of hydrogen-bond donors (Lipinski definition) is 2. The lowest BCUT2D eigenvalue weighted by Gasteiger charge is -2.23. The molecule has 12 heteroatoms. The van der Waals surface area contributed by atoms with Crippen LogP contribution in [0.1, 0.15) is 22.3 Å². The maximum absolute atomic E-state index is 13.2. The van der Waals surface area contributed by atoms with Crippen LogP contribution in [0, 0.1) is 0 Å². The van der Waals surface area contributed by atoms with Crippen molar-refractivity contribution in [3.63, 3.8) is 0 Å². The standard InChI is InChI=1S/C22H24ClF2N5O4/c1-33-18-6-14(21(32)29-10-17(7-16(29)11-31)34-12-19(24)25)9-30-20(18)27-22(28-30)26-8-13-3-2-4-15(23)5-13/h2-6,9,16-17,19,31H,7-8,10-12H2,1H3,(H,26,28). The molecule has 0 spiro atoms. The number of likely N-dealkylation sites (tertiary alicyclic amines) is 1. The Labute approximate surface area is 199 Å². The summed E-state index contributed by atoms with van der Waals surface area (Å²) in [6, 6.07) is 8.37. The van der Waals surface area contributed by atoms with Crippen LogP contribution in [0.5, 0.6) is 5.75 Å². The van der Waals surface area contributed by atoms with Crippen LogP contribution in [0.4, 0.5) is 14.7 Å². The van der Waals surface area contributed by atoms with Crippen molar-refractivity contribution in [3.05, 3.63) is 52.7 Å². The van der Waals surface area contributed by atoms with Gasteiger partial charge in [-0.2, -0.15) is 4.98 Å². The number of pyridine rings is 1. The van der Waals surface area contributed by atoms with Gasteiger partial charge in [-0.25, -0.2) is 13.3 Å². The van der Waals surface area contributed by atoms with E-state index in [9.17, 15) is 18.7 Å². The van der Waals surface area contributed by atoms with Gasteiger partial charge in [0.15, 0.2) is 11.4 Å². The summed E-state index contributed by atoms with van der Waals surface area (Å²) in [7, 11) is 1.46. The molecule has 1 fully saturated rings. The third-order valence-corrected chi connectivity index (χ3v) is 5.75. The van der Waals surface area contributed by atoms with Crippen LogP contribution in [0.2, 0.25) is 5.02 Å². The van der Waals surface area contributed by atoms with Gasteiger partial charge < -0.3 is 24.8 Å². The molecular weight excluding hydrogens is 472 g/mol. The zero-order valence-electron chi connectivity index (χ0n) is 18.3. The number of nitrogens with one attached hydrogen (secondary N) is 1. The number of carbonyl (C=O) groups is 1. The number of methoxy groups -OCH3 is 1. The summed E-state index contributed by atoms with van der Waals surface area (Å²) in [6.07, 6.45) is -1.39. The Morgan fingerprint density at radius 3 is 2.91 bits per heavy atom. The molecule has 1 aliphatic heterocycles. The molecule has 1 saturated heterocycles. The molecule has 1 amide bonds. The van der Waals surface area contributed by atoms with E-state index < -0.39 is 31.1 Å². The minimum absolute atomic E-state index is 0.0981. The quantitative estimate of drug-likeness (QED) is 0.470. The fraction of sp³-hybridized carbons (Fsp3) is 0.409. The summed E-state index contributed by atoms with van der Waals surface area (Å²) in [5.74, 6) is 0.267. The first kappa shape index (κ1) is 24.1. The summed E-state index contributed by atoms with van der Waals surface area (Å²) in [4.78, 5) is 19.1. The van der Waals surface area contributed by atoms with Crippen LogP contribution >= 0.6 is 11.6 Å². The Hall–Kier alpha value is -3.02. The fourth-order valence-electron chi connectivity index (χ4n) is 3.92. The molecule has 2 unspecified atom stereocenters. The monoisotopic (exact) mass is 495 g/mol. The van der Waals surface area contributed by atoms with Gasteiger partial charge in [-0.15, -0.1) is 5.10 Å². The molecule has 4 rings (SSSR count). The molecule has 0 saturated carbocycles. The Morgan fingerprint density at radius 1 is 1.38 bits per heavy atom. The van der Waals surface area contributed by atoms with E-state index in [1.165, 1.54) is 28.8 Å². The fourth-order valence-corrected chi connectivity index (χ4v) is 4.13. The molecule has 1 aliphatic rings. The van der Waals surface area contributed by atoms with Crippen molar-refractivity contribution in [2.75, 3.05) is 32.2 Å². The highest BCUT2D eigenvalue weighted by atomic mass is 35.5. The Balaban J connectivity index is 1.53. The number of amides is 1. The van der Waals surface area contributed by atoms with Crippen LogP contribution in [0.3, 0.4) is 0 Å². The smallest absolute Gasteiger partial charge is 0.261 e. The van der Waals surface area contributed by atoms with E-state index in [4.69, 9.17) is 21.1 Å². The van der Waals surface area contributed by atoms with Gasteiger partial charge in [0.05, 0.1) is 31.4 Å². The molecule has 34 heavy (non-hydrogen) atoms. The molecule has 0 bridgehead atoms. The van der Waals surface area contributed by atoms with E-state index in [-0.39, 0.29) is 25.1 Å². The van der Waals surface area contributed by atoms with Gasteiger partial charge in [-0.05, 0) is 30.2 Å². The Kier molecular flexibility index (Phi) is 7.44. The lowest BCUT2D eigenvalue weighted by Crippen LogP contribution is -2.38. The summed E-state index contributed by atoms with van der Waals surface area (Å²) < 4.78 is 37.0. The highest BCUT2D eigenvalue weighted by molar-refractivity contribution is 6.30. The molecule has 2 atom stereocenters. The molecule has 3 aromatic rings. The summed E-state index contributed by atoms with van der Waals surface area (Å²) in [5.41, 5.74) is 1.61. The lowest BCUT2D eigenvalue weighted by molar-refractivity contribution is -0.0194. The van der Waals surface area contributed by atoms with Crippen molar-refractivity contribution in [1.29, 1.82) is 0 Å². The maximum Gasteiger partial charge on any atom is 0.261 e. The van der Waals surface area contributed by atoms with Gasteiger partial charge in [0.25, 0.3) is 12.3 Å². The number of carbonyl (C=O) groups excluding carboxylic acids is 1. The van der Waals surface area contributed by atoms with Crippen molar-refractivity contribution >= 4 is 29.1 Å². The summed E-state index contributed by atoms with van der Waals surface area (Å²) in [6.45, 7) is -0.479. The molecule has 182 valence electrons. The first-order valence-electron chi connectivity index (χ1n) is 10.6. The minimum atomic E-state index is -2.60. The number of nitrogens with zero attached hydrogens (tertiary/aromatic N) is 4. The third-order valence-electron chi connectivity index (χ3n) is 5.51. The second kappa shape index (κ2) is 10.5.